The second kappa shape index (κ2) is 6.14. The zero-order chi connectivity index (χ0) is 13.8. The van der Waals surface area contributed by atoms with Gasteiger partial charge in [0, 0.05) is 17.5 Å². The predicted molar refractivity (Wildman–Crippen MR) is 76.5 cm³/mol. The molecule has 1 aromatic carbocycles. The molecule has 100 valence electrons. The van der Waals surface area contributed by atoms with Crippen LogP contribution in [0.2, 0.25) is 5.02 Å². The number of carbonyl (C=O) groups is 1. The van der Waals surface area contributed by atoms with Gasteiger partial charge in [-0.25, -0.2) is 4.98 Å². The van der Waals surface area contributed by atoms with Crippen LogP contribution in [0.25, 0.3) is 10.6 Å². The van der Waals surface area contributed by atoms with Crippen LogP contribution in [0.5, 0.6) is 0 Å². The number of hydrogen-bond acceptors (Lipinski definition) is 4. The van der Waals surface area contributed by atoms with Crippen LogP contribution in [0, 0.1) is 0 Å². The number of aliphatic carboxylic acids is 1. The lowest BCUT2D eigenvalue weighted by Crippen LogP contribution is -2.33. The maximum absolute atomic E-state index is 10.7. The fourth-order valence-electron chi connectivity index (χ4n) is 1.49. The zero-order valence-electron chi connectivity index (χ0n) is 10.3. The number of thiazole rings is 1. The van der Waals surface area contributed by atoms with Crippen LogP contribution in [0.4, 0.5) is 0 Å². The summed E-state index contributed by atoms with van der Waals surface area (Å²) in [6.07, 6.45) is 0. The average molecular weight is 297 g/mol. The van der Waals surface area contributed by atoms with Crippen molar-refractivity contribution in [1.29, 1.82) is 0 Å². The van der Waals surface area contributed by atoms with Gasteiger partial charge in [0.2, 0.25) is 0 Å². The van der Waals surface area contributed by atoms with Gasteiger partial charge in [0.15, 0.2) is 0 Å². The van der Waals surface area contributed by atoms with Crippen LogP contribution in [0.1, 0.15) is 12.6 Å². The van der Waals surface area contributed by atoms with E-state index in [-0.39, 0.29) is 0 Å². The van der Waals surface area contributed by atoms with Gasteiger partial charge in [-0.15, -0.1) is 11.3 Å². The third-order valence-electron chi connectivity index (χ3n) is 2.62. The van der Waals surface area contributed by atoms with Crippen molar-refractivity contribution in [2.24, 2.45) is 0 Å². The molecule has 0 aliphatic carbocycles. The van der Waals surface area contributed by atoms with Gasteiger partial charge in [-0.05, 0) is 13.0 Å². The number of halogens is 1. The van der Waals surface area contributed by atoms with Crippen molar-refractivity contribution in [1.82, 2.24) is 10.3 Å². The summed E-state index contributed by atoms with van der Waals surface area (Å²) < 4.78 is 0. The molecule has 0 radical (unpaired) electrons. The van der Waals surface area contributed by atoms with Crippen molar-refractivity contribution in [3.63, 3.8) is 0 Å². The molecule has 1 heterocycles. The van der Waals surface area contributed by atoms with Crippen LogP contribution < -0.4 is 5.32 Å². The highest BCUT2D eigenvalue weighted by Gasteiger charge is 2.12. The fourth-order valence-corrected chi connectivity index (χ4v) is 2.63. The summed E-state index contributed by atoms with van der Waals surface area (Å²) in [5.74, 6) is -0.874. The van der Waals surface area contributed by atoms with E-state index in [4.69, 9.17) is 16.7 Å². The molecule has 0 saturated heterocycles. The quantitative estimate of drug-likeness (QED) is 0.890. The topological polar surface area (TPSA) is 62.2 Å². The molecule has 1 atom stereocenters. The second-order valence-electron chi connectivity index (χ2n) is 4.06. The van der Waals surface area contributed by atoms with Crippen molar-refractivity contribution >= 4 is 28.9 Å². The predicted octanol–water partition coefficient (Wildman–Crippen LogP) is 3.03. The Morgan fingerprint density at radius 3 is 2.95 bits per heavy atom. The molecule has 0 saturated carbocycles. The monoisotopic (exact) mass is 296 g/mol. The Bertz CT molecular complexity index is 586. The summed E-state index contributed by atoms with van der Waals surface area (Å²) in [6.45, 7) is 2.03. The van der Waals surface area contributed by atoms with Gasteiger partial charge in [-0.1, -0.05) is 29.8 Å². The number of rotatable bonds is 5. The van der Waals surface area contributed by atoms with Gasteiger partial charge < -0.3 is 5.11 Å². The number of nitrogens with one attached hydrogen (secondary N) is 1. The number of carboxylic acids is 1. The highest BCUT2D eigenvalue weighted by molar-refractivity contribution is 7.13. The van der Waals surface area contributed by atoms with E-state index in [0.29, 0.717) is 11.6 Å². The Morgan fingerprint density at radius 2 is 2.26 bits per heavy atom. The van der Waals surface area contributed by atoms with E-state index < -0.39 is 12.0 Å². The smallest absolute Gasteiger partial charge is 0.320 e. The maximum Gasteiger partial charge on any atom is 0.320 e. The van der Waals surface area contributed by atoms with E-state index >= 15 is 0 Å². The van der Waals surface area contributed by atoms with Gasteiger partial charge in [0.25, 0.3) is 0 Å². The Balaban J connectivity index is 2.08. The first-order valence-electron chi connectivity index (χ1n) is 5.73. The zero-order valence-corrected chi connectivity index (χ0v) is 11.8. The summed E-state index contributed by atoms with van der Waals surface area (Å²) in [4.78, 5) is 15.1. The minimum atomic E-state index is -0.874. The molecule has 0 aliphatic heterocycles. The normalized spacial score (nSPS) is 12.3. The minimum absolute atomic E-state index is 0.425. The first-order valence-corrected chi connectivity index (χ1v) is 6.99. The molecule has 0 bridgehead atoms. The molecule has 2 aromatic rings. The summed E-state index contributed by atoms with van der Waals surface area (Å²) in [7, 11) is 0. The maximum atomic E-state index is 10.7. The average Bonchev–Trinajstić information content (AvgIpc) is 2.85. The standard InChI is InChI=1S/C13H13ClN2O2S/c1-8(13(17)18)15-6-9-7-19-12(16-9)10-4-2-3-5-11(10)14/h2-5,7-8,15H,6H2,1H3,(H,17,18)/t8-/m1/s1. The lowest BCUT2D eigenvalue weighted by Gasteiger charge is -2.06. The summed E-state index contributed by atoms with van der Waals surface area (Å²) in [5, 5.41) is 15.1. The minimum Gasteiger partial charge on any atom is -0.480 e. The molecule has 2 N–H and O–H groups in total. The summed E-state index contributed by atoms with van der Waals surface area (Å²) in [5.41, 5.74) is 1.71. The molecule has 2 rings (SSSR count). The van der Waals surface area contributed by atoms with Crippen LogP contribution in [-0.4, -0.2) is 22.1 Å². The highest BCUT2D eigenvalue weighted by atomic mass is 35.5. The molecule has 1 aromatic heterocycles. The van der Waals surface area contributed by atoms with Gasteiger partial charge >= 0.3 is 5.97 Å². The van der Waals surface area contributed by atoms with Gasteiger partial charge in [0.1, 0.15) is 11.0 Å². The first kappa shape index (κ1) is 14.0. The van der Waals surface area contributed by atoms with Crippen molar-refractivity contribution in [2.75, 3.05) is 0 Å². The first-order chi connectivity index (χ1) is 9.08. The molecule has 0 fully saturated rings. The Hall–Kier alpha value is -1.43. The number of benzene rings is 1. The van der Waals surface area contributed by atoms with Crippen molar-refractivity contribution < 1.29 is 9.90 Å². The van der Waals surface area contributed by atoms with Crippen LogP contribution in [-0.2, 0) is 11.3 Å². The Morgan fingerprint density at radius 1 is 1.53 bits per heavy atom. The van der Waals surface area contributed by atoms with E-state index in [1.807, 2.05) is 29.6 Å². The SMILES string of the molecule is C[C@@H](NCc1csc(-c2ccccc2Cl)n1)C(=O)O. The summed E-state index contributed by atoms with van der Waals surface area (Å²) in [6, 6.07) is 6.93. The van der Waals surface area contributed by atoms with Crippen molar-refractivity contribution in [2.45, 2.75) is 19.5 Å². The lowest BCUT2D eigenvalue weighted by atomic mass is 10.2. The Kier molecular flexibility index (Phi) is 4.52. The highest BCUT2D eigenvalue weighted by Crippen LogP contribution is 2.29. The van der Waals surface area contributed by atoms with Gasteiger partial charge in [0.05, 0.1) is 10.7 Å². The third kappa shape index (κ3) is 3.53. The Labute approximate surface area is 120 Å². The molecular formula is C13H13ClN2O2S. The van der Waals surface area contributed by atoms with E-state index in [9.17, 15) is 4.79 Å². The number of aromatic nitrogens is 1. The van der Waals surface area contributed by atoms with E-state index in [1.165, 1.54) is 11.3 Å². The van der Waals surface area contributed by atoms with Crippen LogP contribution in [0.15, 0.2) is 29.6 Å². The lowest BCUT2D eigenvalue weighted by molar-refractivity contribution is -0.139. The van der Waals surface area contributed by atoms with Crippen molar-refractivity contribution in [3.8, 4) is 10.6 Å². The van der Waals surface area contributed by atoms with Gasteiger partial charge in [-0.3, -0.25) is 10.1 Å². The molecule has 0 unspecified atom stereocenters. The van der Waals surface area contributed by atoms with E-state index in [0.717, 1.165) is 16.3 Å². The number of carboxylic acid groups (broad SMARTS) is 1. The van der Waals surface area contributed by atoms with Crippen LogP contribution in [0.3, 0.4) is 0 Å². The molecule has 6 heteroatoms. The molecule has 0 spiro atoms. The van der Waals surface area contributed by atoms with Crippen molar-refractivity contribution in [3.05, 3.63) is 40.4 Å². The second-order valence-corrected chi connectivity index (χ2v) is 5.33. The fraction of sp³-hybridized carbons (Fsp3) is 0.231. The van der Waals surface area contributed by atoms with E-state index in [2.05, 4.69) is 10.3 Å². The van der Waals surface area contributed by atoms with E-state index in [1.54, 1.807) is 6.92 Å². The molecule has 0 amide bonds. The third-order valence-corrected chi connectivity index (χ3v) is 3.87. The molecule has 4 nitrogen and oxygen atoms in total. The number of hydrogen-bond donors (Lipinski definition) is 2. The molecule has 0 aliphatic rings. The van der Waals surface area contributed by atoms with Gasteiger partial charge in [-0.2, -0.15) is 0 Å². The summed E-state index contributed by atoms with van der Waals surface area (Å²) >= 11 is 7.60. The number of nitrogens with zero attached hydrogens (tertiary/aromatic N) is 1. The molecule has 19 heavy (non-hydrogen) atoms. The largest absolute Gasteiger partial charge is 0.480 e. The van der Waals surface area contributed by atoms with Crippen LogP contribution >= 0.6 is 22.9 Å². The molecular weight excluding hydrogens is 284 g/mol.